The van der Waals surface area contributed by atoms with Crippen molar-refractivity contribution in [2.45, 2.75) is 25.7 Å². The molecule has 21 heavy (non-hydrogen) atoms. The quantitative estimate of drug-likeness (QED) is 0.826. The minimum Gasteiger partial charge on any atom is -0.346 e. The molecule has 1 atom stereocenters. The van der Waals surface area contributed by atoms with Crippen molar-refractivity contribution in [3.05, 3.63) is 75.3 Å². The van der Waals surface area contributed by atoms with Crippen LogP contribution in [-0.4, -0.2) is 9.97 Å². The standard InChI is InChI=1S/C17H16Cl2N2/c1-11-17(12-5-3-2-4-6-12)21-16(20-11)9-13-7-8-14(18)10-15(13)19/h2-5,7-8,10,12H,6,9H2,1H3,(H,20,21). The van der Waals surface area contributed by atoms with Gasteiger partial charge in [0, 0.05) is 28.1 Å². The van der Waals surface area contributed by atoms with Gasteiger partial charge < -0.3 is 4.98 Å². The van der Waals surface area contributed by atoms with Crippen molar-refractivity contribution in [1.29, 1.82) is 0 Å². The Morgan fingerprint density at radius 2 is 2.14 bits per heavy atom. The van der Waals surface area contributed by atoms with Crippen molar-refractivity contribution in [3.8, 4) is 0 Å². The molecule has 0 radical (unpaired) electrons. The summed E-state index contributed by atoms with van der Waals surface area (Å²) >= 11 is 12.2. The van der Waals surface area contributed by atoms with Crippen LogP contribution in [0.1, 0.15) is 35.1 Å². The lowest BCUT2D eigenvalue weighted by atomic mass is 9.96. The average molecular weight is 319 g/mol. The zero-order valence-electron chi connectivity index (χ0n) is 11.7. The maximum Gasteiger partial charge on any atom is 0.111 e. The highest BCUT2D eigenvalue weighted by atomic mass is 35.5. The van der Waals surface area contributed by atoms with Gasteiger partial charge in [-0.15, -0.1) is 0 Å². The Kier molecular flexibility index (Phi) is 4.18. The predicted molar refractivity (Wildman–Crippen MR) is 88.2 cm³/mol. The highest BCUT2D eigenvalue weighted by Gasteiger charge is 2.16. The molecule has 0 amide bonds. The van der Waals surface area contributed by atoms with E-state index in [0.717, 1.165) is 29.2 Å². The summed E-state index contributed by atoms with van der Waals surface area (Å²) in [6, 6.07) is 5.57. The number of benzene rings is 1. The number of H-pyrrole nitrogens is 1. The van der Waals surface area contributed by atoms with Crippen LogP contribution < -0.4 is 0 Å². The molecule has 2 nitrogen and oxygen atoms in total. The maximum absolute atomic E-state index is 6.23. The van der Waals surface area contributed by atoms with Gasteiger partial charge >= 0.3 is 0 Å². The van der Waals surface area contributed by atoms with Crippen LogP contribution in [0, 0.1) is 6.92 Å². The number of allylic oxidation sites excluding steroid dienone is 4. The van der Waals surface area contributed by atoms with E-state index in [4.69, 9.17) is 28.2 Å². The molecule has 4 heteroatoms. The zero-order valence-corrected chi connectivity index (χ0v) is 13.2. The monoisotopic (exact) mass is 318 g/mol. The molecule has 3 rings (SSSR count). The summed E-state index contributed by atoms with van der Waals surface area (Å²) in [7, 11) is 0. The topological polar surface area (TPSA) is 28.7 Å². The summed E-state index contributed by atoms with van der Waals surface area (Å²) in [6.45, 7) is 2.07. The van der Waals surface area contributed by atoms with Gasteiger partial charge in [-0.3, -0.25) is 0 Å². The molecule has 1 heterocycles. The van der Waals surface area contributed by atoms with Crippen LogP contribution in [0.15, 0.2) is 42.5 Å². The summed E-state index contributed by atoms with van der Waals surface area (Å²) in [5.41, 5.74) is 3.27. The van der Waals surface area contributed by atoms with Crippen molar-refractivity contribution < 1.29 is 0 Å². The first kappa shape index (κ1) is 14.4. The number of rotatable bonds is 3. The van der Waals surface area contributed by atoms with E-state index in [-0.39, 0.29) is 0 Å². The van der Waals surface area contributed by atoms with E-state index in [9.17, 15) is 0 Å². The third-order valence-electron chi connectivity index (χ3n) is 3.68. The molecule has 0 saturated heterocycles. The summed E-state index contributed by atoms with van der Waals surface area (Å²) in [6.07, 6.45) is 10.2. The van der Waals surface area contributed by atoms with Crippen molar-refractivity contribution in [2.24, 2.45) is 0 Å². The SMILES string of the molecule is Cc1[nH]c(Cc2ccc(Cl)cc2Cl)nc1C1C=CC=CC1. The molecule has 1 aromatic heterocycles. The van der Waals surface area contributed by atoms with Gasteiger partial charge in [-0.25, -0.2) is 4.98 Å². The summed E-state index contributed by atoms with van der Waals surface area (Å²) in [5.74, 6) is 1.30. The second-order valence-electron chi connectivity index (χ2n) is 5.26. The number of imidazole rings is 1. The smallest absolute Gasteiger partial charge is 0.111 e. The van der Waals surface area contributed by atoms with E-state index in [1.807, 2.05) is 12.1 Å². The third kappa shape index (κ3) is 3.22. The lowest BCUT2D eigenvalue weighted by Crippen LogP contribution is -1.99. The molecule has 0 saturated carbocycles. The molecule has 1 N–H and O–H groups in total. The normalized spacial score (nSPS) is 17.4. The van der Waals surface area contributed by atoms with Crippen LogP contribution in [0.25, 0.3) is 0 Å². The van der Waals surface area contributed by atoms with E-state index in [1.165, 1.54) is 0 Å². The van der Waals surface area contributed by atoms with Gasteiger partial charge in [0.25, 0.3) is 0 Å². The predicted octanol–water partition coefficient (Wildman–Crippen LogP) is 5.22. The number of aromatic amines is 1. The van der Waals surface area contributed by atoms with E-state index >= 15 is 0 Å². The van der Waals surface area contributed by atoms with Crippen LogP contribution in [0.4, 0.5) is 0 Å². The lowest BCUT2D eigenvalue weighted by molar-refractivity contribution is 0.810. The second-order valence-corrected chi connectivity index (χ2v) is 6.11. The minimum atomic E-state index is 0.362. The fraction of sp³-hybridized carbons (Fsp3) is 0.235. The number of nitrogens with one attached hydrogen (secondary N) is 1. The largest absolute Gasteiger partial charge is 0.346 e. The van der Waals surface area contributed by atoms with Crippen LogP contribution >= 0.6 is 23.2 Å². The van der Waals surface area contributed by atoms with Crippen LogP contribution in [0.2, 0.25) is 10.0 Å². The first-order chi connectivity index (χ1) is 10.1. The molecular formula is C17H16Cl2N2. The molecule has 2 aromatic rings. The van der Waals surface area contributed by atoms with E-state index in [1.54, 1.807) is 6.07 Å². The van der Waals surface area contributed by atoms with E-state index < -0.39 is 0 Å². The van der Waals surface area contributed by atoms with Gasteiger partial charge in [0.1, 0.15) is 5.82 Å². The summed E-state index contributed by atoms with van der Waals surface area (Å²) in [5, 5.41) is 1.33. The van der Waals surface area contributed by atoms with Gasteiger partial charge in [-0.2, -0.15) is 0 Å². The highest BCUT2D eigenvalue weighted by molar-refractivity contribution is 6.35. The highest BCUT2D eigenvalue weighted by Crippen LogP contribution is 2.27. The number of hydrogen-bond donors (Lipinski definition) is 1. The van der Waals surface area contributed by atoms with Gasteiger partial charge in [-0.1, -0.05) is 53.6 Å². The second kappa shape index (κ2) is 6.08. The molecule has 1 aliphatic rings. The van der Waals surface area contributed by atoms with Gasteiger partial charge in [-0.05, 0) is 31.0 Å². The Bertz CT molecular complexity index is 714. The van der Waals surface area contributed by atoms with Gasteiger partial charge in [0.2, 0.25) is 0 Å². The Hall–Kier alpha value is -1.51. The summed E-state index contributed by atoms with van der Waals surface area (Å²) < 4.78 is 0. The molecule has 1 unspecified atom stereocenters. The molecule has 0 fully saturated rings. The Morgan fingerprint density at radius 1 is 1.29 bits per heavy atom. The zero-order chi connectivity index (χ0) is 14.8. The fourth-order valence-electron chi connectivity index (χ4n) is 2.61. The molecule has 0 spiro atoms. The minimum absolute atomic E-state index is 0.362. The Labute approximate surface area is 134 Å². The van der Waals surface area contributed by atoms with Crippen LogP contribution in [-0.2, 0) is 6.42 Å². The molecule has 0 aliphatic heterocycles. The lowest BCUT2D eigenvalue weighted by Gasteiger charge is -2.10. The van der Waals surface area contributed by atoms with Crippen LogP contribution in [0.3, 0.4) is 0 Å². The van der Waals surface area contributed by atoms with E-state index in [2.05, 4.69) is 36.2 Å². The molecule has 1 aliphatic carbocycles. The van der Waals surface area contributed by atoms with Crippen molar-refractivity contribution >= 4 is 23.2 Å². The number of nitrogens with zero attached hydrogens (tertiary/aromatic N) is 1. The Balaban J connectivity index is 1.83. The molecule has 0 bridgehead atoms. The number of halogens is 2. The molecular weight excluding hydrogens is 303 g/mol. The third-order valence-corrected chi connectivity index (χ3v) is 4.26. The maximum atomic E-state index is 6.23. The van der Waals surface area contributed by atoms with Crippen LogP contribution in [0.5, 0.6) is 0 Å². The molecule has 1 aromatic carbocycles. The number of aromatic nitrogens is 2. The van der Waals surface area contributed by atoms with Crippen molar-refractivity contribution in [3.63, 3.8) is 0 Å². The average Bonchev–Trinajstić information content (AvgIpc) is 2.84. The van der Waals surface area contributed by atoms with E-state index in [0.29, 0.717) is 22.4 Å². The Morgan fingerprint density at radius 3 is 2.86 bits per heavy atom. The fourth-order valence-corrected chi connectivity index (χ4v) is 3.09. The first-order valence-corrected chi connectivity index (χ1v) is 7.71. The van der Waals surface area contributed by atoms with Gasteiger partial charge in [0.15, 0.2) is 0 Å². The van der Waals surface area contributed by atoms with Crippen molar-refractivity contribution in [2.75, 3.05) is 0 Å². The number of aryl methyl sites for hydroxylation is 1. The number of hydrogen-bond acceptors (Lipinski definition) is 1. The van der Waals surface area contributed by atoms with Crippen molar-refractivity contribution in [1.82, 2.24) is 9.97 Å². The summed E-state index contributed by atoms with van der Waals surface area (Å²) in [4.78, 5) is 8.13. The van der Waals surface area contributed by atoms with Gasteiger partial charge in [0.05, 0.1) is 5.69 Å². The first-order valence-electron chi connectivity index (χ1n) is 6.96. The molecule has 108 valence electrons.